The monoisotopic (exact) mass is 329 g/mol. The first-order chi connectivity index (χ1) is 11.2. The molecule has 2 aromatic rings. The number of aryl methyl sites for hydroxylation is 1. The lowest BCUT2D eigenvalue weighted by molar-refractivity contribution is -0.129. The van der Waals surface area contributed by atoms with Crippen molar-refractivity contribution in [3.8, 4) is 5.75 Å². The number of likely N-dealkylation sites (tertiary alicyclic amines) is 1. The fourth-order valence-electron chi connectivity index (χ4n) is 2.95. The number of benzene rings is 1. The lowest BCUT2D eigenvalue weighted by Crippen LogP contribution is -2.30. The molecule has 0 N–H and O–H groups in total. The van der Waals surface area contributed by atoms with Crippen molar-refractivity contribution < 1.29 is 9.53 Å². The van der Waals surface area contributed by atoms with Crippen LogP contribution < -0.4 is 4.74 Å². The van der Waals surface area contributed by atoms with Crippen LogP contribution in [0.1, 0.15) is 23.3 Å². The van der Waals surface area contributed by atoms with Crippen LogP contribution in [0.15, 0.2) is 41.8 Å². The second kappa shape index (κ2) is 7.64. The molecule has 2 heterocycles. The summed E-state index contributed by atoms with van der Waals surface area (Å²) in [5, 5.41) is 2.03. The lowest BCUT2D eigenvalue weighted by atomic mass is 10.1. The van der Waals surface area contributed by atoms with Gasteiger partial charge in [0.15, 0.2) is 0 Å². The lowest BCUT2D eigenvalue weighted by Gasteiger charge is -2.16. The zero-order chi connectivity index (χ0) is 16.1. The van der Waals surface area contributed by atoms with Gasteiger partial charge in [-0.05, 0) is 49.3 Å². The van der Waals surface area contributed by atoms with E-state index < -0.39 is 0 Å². The molecular weight excluding hydrogens is 306 g/mol. The molecule has 1 aliphatic heterocycles. The molecule has 1 aliphatic rings. The molecule has 0 bridgehead atoms. The molecular formula is C19H23NO2S. The second-order valence-electron chi connectivity index (χ2n) is 6.20. The van der Waals surface area contributed by atoms with Gasteiger partial charge in [0.1, 0.15) is 5.75 Å². The summed E-state index contributed by atoms with van der Waals surface area (Å²) < 4.78 is 5.80. The van der Waals surface area contributed by atoms with E-state index in [4.69, 9.17) is 4.74 Å². The number of nitrogens with zero attached hydrogens (tertiary/aromatic N) is 1. The minimum absolute atomic E-state index is 0.259. The van der Waals surface area contributed by atoms with Crippen molar-refractivity contribution in [3.63, 3.8) is 0 Å². The summed E-state index contributed by atoms with van der Waals surface area (Å²) in [5.41, 5.74) is 1.24. The van der Waals surface area contributed by atoms with Crippen molar-refractivity contribution in [2.24, 2.45) is 5.92 Å². The van der Waals surface area contributed by atoms with E-state index in [0.29, 0.717) is 12.3 Å². The number of carbonyl (C=O) groups excluding carboxylic acids is 1. The molecule has 0 unspecified atom stereocenters. The Morgan fingerprint density at radius 3 is 2.87 bits per heavy atom. The third kappa shape index (κ3) is 4.58. The van der Waals surface area contributed by atoms with Crippen LogP contribution in [0.3, 0.4) is 0 Å². The van der Waals surface area contributed by atoms with E-state index in [1.54, 1.807) is 11.3 Å². The Hall–Kier alpha value is -1.81. The third-order valence-corrected chi connectivity index (χ3v) is 5.24. The summed E-state index contributed by atoms with van der Waals surface area (Å²) in [6, 6.07) is 12.2. The van der Waals surface area contributed by atoms with Gasteiger partial charge in [-0.2, -0.15) is 0 Å². The SMILES string of the molecule is Cc1ccc(OCC[C@H]2CCN(C(=O)Cc3cccs3)C2)cc1. The highest BCUT2D eigenvalue weighted by Gasteiger charge is 2.26. The highest BCUT2D eigenvalue weighted by Crippen LogP contribution is 2.22. The van der Waals surface area contributed by atoms with Crippen molar-refractivity contribution in [2.45, 2.75) is 26.2 Å². The number of hydrogen-bond acceptors (Lipinski definition) is 3. The minimum Gasteiger partial charge on any atom is -0.494 e. The van der Waals surface area contributed by atoms with Crippen molar-refractivity contribution >= 4 is 17.2 Å². The van der Waals surface area contributed by atoms with E-state index in [0.717, 1.165) is 43.2 Å². The number of rotatable bonds is 6. The summed E-state index contributed by atoms with van der Waals surface area (Å²) in [6.45, 7) is 4.56. The van der Waals surface area contributed by atoms with E-state index in [2.05, 4.69) is 19.1 Å². The number of ether oxygens (including phenoxy) is 1. The summed E-state index contributed by atoms with van der Waals surface area (Å²) in [6.07, 6.45) is 2.65. The topological polar surface area (TPSA) is 29.5 Å². The van der Waals surface area contributed by atoms with Gasteiger partial charge in [-0.3, -0.25) is 4.79 Å². The van der Waals surface area contributed by atoms with Crippen LogP contribution in [-0.2, 0) is 11.2 Å². The average Bonchev–Trinajstić information content (AvgIpc) is 3.21. The van der Waals surface area contributed by atoms with Crippen LogP contribution in [0.2, 0.25) is 0 Å². The molecule has 23 heavy (non-hydrogen) atoms. The molecule has 3 nitrogen and oxygen atoms in total. The molecule has 1 fully saturated rings. The molecule has 1 atom stereocenters. The maximum atomic E-state index is 12.3. The second-order valence-corrected chi connectivity index (χ2v) is 7.23. The Balaban J connectivity index is 1.39. The predicted molar refractivity (Wildman–Crippen MR) is 94.0 cm³/mol. The van der Waals surface area contributed by atoms with Gasteiger partial charge >= 0.3 is 0 Å². The average molecular weight is 329 g/mol. The first-order valence-electron chi connectivity index (χ1n) is 8.20. The van der Waals surface area contributed by atoms with E-state index in [1.165, 1.54) is 5.56 Å². The van der Waals surface area contributed by atoms with Crippen molar-refractivity contribution in [3.05, 3.63) is 52.2 Å². The Morgan fingerprint density at radius 2 is 2.13 bits per heavy atom. The zero-order valence-electron chi connectivity index (χ0n) is 13.5. The fourth-order valence-corrected chi connectivity index (χ4v) is 3.64. The van der Waals surface area contributed by atoms with Gasteiger partial charge in [-0.15, -0.1) is 11.3 Å². The van der Waals surface area contributed by atoms with Gasteiger partial charge in [0.25, 0.3) is 0 Å². The Bertz CT molecular complexity index is 621. The first-order valence-corrected chi connectivity index (χ1v) is 9.08. The zero-order valence-corrected chi connectivity index (χ0v) is 14.3. The molecule has 0 spiro atoms. The maximum Gasteiger partial charge on any atom is 0.227 e. The normalized spacial score (nSPS) is 17.4. The molecule has 122 valence electrons. The quantitative estimate of drug-likeness (QED) is 0.804. The van der Waals surface area contributed by atoms with Crippen LogP contribution in [0.25, 0.3) is 0 Å². The van der Waals surface area contributed by atoms with Gasteiger partial charge in [0.05, 0.1) is 13.0 Å². The van der Waals surface area contributed by atoms with Gasteiger partial charge in [0, 0.05) is 18.0 Å². The summed E-state index contributed by atoms with van der Waals surface area (Å²) in [4.78, 5) is 15.5. The van der Waals surface area contributed by atoms with Crippen molar-refractivity contribution in [2.75, 3.05) is 19.7 Å². The van der Waals surface area contributed by atoms with Crippen LogP contribution >= 0.6 is 11.3 Å². The molecule has 1 aromatic heterocycles. The molecule has 0 saturated carbocycles. The van der Waals surface area contributed by atoms with Crippen LogP contribution in [0.4, 0.5) is 0 Å². The Labute approximate surface area is 141 Å². The number of hydrogen-bond donors (Lipinski definition) is 0. The first kappa shape index (κ1) is 16.1. The smallest absolute Gasteiger partial charge is 0.227 e. The van der Waals surface area contributed by atoms with E-state index in [9.17, 15) is 4.79 Å². The molecule has 0 aliphatic carbocycles. The third-order valence-electron chi connectivity index (χ3n) is 4.36. The summed E-state index contributed by atoms with van der Waals surface area (Å²) >= 11 is 1.66. The Kier molecular flexibility index (Phi) is 5.34. The minimum atomic E-state index is 0.259. The van der Waals surface area contributed by atoms with Crippen LogP contribution in [0.5, 0.6) is 5.75 Å². The van der Waals surface area contributed by atoms with Gasteiger partial charge in [0.2, 0.25) is 5.91 Å². The highest BCUT2D eigenvalue weighted by atomic mass is 32.1. The molecule has 1 aromatic carbocycles. The van der Waals surface area contributed by atoms with Gasteiger partial charge in [-0.1, -0.05) is 23.8 Å². The largest absolute Gasteiger partial charge is 0.494 e. The standard InChI is InChI=1S/C19H23NO2S/c1-15-4-6-17(7-5-15)22-11-9-16-8-10-20(14-16)19(21)13-18-3-2-12-23-18/h2-7,12,16H,8-11,13-14H2,1H3/t16-/m1/s1. The number of thiophene rings is 1. The fraction of sp³-hybridized carbons (Fsp3) is 0.421. The molecule has 1 saturated heterocycles. The summed E-state index contributed by atoms with van der Waals surface area (Å²) in [7, 11) is 0. The van der Waals surface area contributed by atoms with Gasteiger partial charge < -0.3 is 9.64 Å². The van der Waals surface area contributed by atoms with E-state index >= 15 is 0 Å². The molecule has 1 amide bonds. The number of amides is 1. The van der Waals surface area contributed by atoms with Crippen LogP contribution in [-0.4, -0.2) is 30.5 Å². The molecule has 0 radical (unpaired) electrons. The highest BCUT2D eigenvalue weighted by molar-refractivity contribution is 7.10. The molecule has 3 rings (SSSR count). The van der Waals surface area contributed by atoms with Crippen LogP contribution in [0, 0.1) is 12.8 Å². The Morgan fingerprint density at radius 1 is 1.30 bits per heavy atom. The predicted octanol–water partition coefficient (Wildman–Crippen LogP) is 3.92. The maximum absolute atomic E-state index is 12.3. The number of carbonyl (C=O) groups is 1. The van der Waals surface area contributed by atoms with Crippen molar-refractivity contribution in [1.29, 1.82) is 0 Å². The molecule has 4 heteroatoms. The van der Waals surface area contributed by atoms with E-state index in [1.807, 2.05) is 34.5 Å². The van der Waals surface area contributed by atoms with E-state index in [-0.39, 0.29) is 5.91 Å². The summed E-state index contributed by atoms with van der Waals surface area (Å²) in [5.74, 6) is 1.75. The van der Waals surface area contributed by atoms with Crippen molar-refractivity contribution in [1.82, 2.24) is 4.90 Å². The van der Waals surface area contributed by atoms with Gasteiger partial charge in [-0.25, -0.2) is 0 Å².